The molecule has 1 N–H and O–H groups in total. The molecule has 2 unspecified atom stereocenters. The van der Waals surface area contributed by atoms with Crippen molar-refractivity contribution in [3.63, 3.8) is 0 Å². The van der Waals surface area contributed by atoms with Gasteiger partial charge in [-0.1, -0.05) is 24.3 Å². The summed E-state index contributed by atoms with van der Waals surface area (Å²) in [7, 11) is 5.78. The lowest BCUT2D eigenvalue weighted by atomic mass is 10.0. The summed E-state index contributed by atoms with van der Waals surface area (Å²) in [5.41, 5.74) is 4.22. The molecule has 0 spiro atoms. The molecule has 0 aromatic heterocycles. The number of carbonyl (C=O) groups excluding carboxylic acids is 2. The van der Waals surface area contributed by atoms with Crippen molar-refractivity contribution < 1.29 is 9.59 Å². The Labute approximate surface area is 189 Å². The van der Waals surface area contributed by atoms with E-state index in [1.165, 1.54) is 5.01 Å². The van der Waals surface area contributed by atoms with Crippen molar-refractivity contribution in [3.05, 3.63) is 48.5 Å². The highest BCUT2D eigenvalue weighted by Crippen LogP contribution is 2.39. The first-order valence-corrected chi connectivity index (χ1v) is 11.4. The van der Waals surface area contributed by atoms with Crippen molar-refractivity contribution in [2.45, 2.75) is 25.4 Å². The zero-order chi connectivity index (χ0) is 22.4. The summed E-state index contributed by atoms with van der Waals surface area (Å²) in [6.45, 7) is 1.73. The van der Waals surface area contributed by atoms with Gasteiger partial charge in [0.1, 0.15) is 6.17 Å². The van der Waals surface area contributed by atoms with Gasteiger partial charge in [-0.25, -0.2) is 14.8 Å². The minimum Gasteiger partial charge on any atom is -0.378 e. The fourth-order valence-electron chi connectivity index (χ4n) is 4.82. The predicted molar refractivity (Wildman–Crippen MR) is 126 cm³/mol. The average molecular weight is 434 g/mol. The number of hydrogen-bond acceptors (Lipinski definition) is 4. The van der Waals surface area contributed by atoms with Gasteiger partial charge in [-0.2, -0.15) is 0 Å². The van der Waals surface area contributed by atoms with Crippen LogP contribution in [0.25, 0.3) is 11.1 Å². The molecule has 2 aliphatic heterocycles. The first-order valence-electron chi connectivity index (χ1n) is 11.4. The number of anilines is 2. The predicted octanol–water partition coefficient (Wildman–Crippen LogP) is 3.38. The van der Waals surface area contributed by atoms with Crippen LogP contribution in [0, 0.1) is 11.8 Å². The molecular formula is C25H31N5O2. The lowest BCUT2D eigenvalue weighted by molar-refractivity contribution is -0.146. The van der Waals surface area contributed by atoms with Gasteiger partial charge < -0.3 is 10.2 Å². The number of hydrazine groups is 1. The highest BCUT2D eigenvalue weighted by atomic mass is 16.2. The molecule has 0 radical (unpaired) electrons. The topological polar surface area (TPSA) is 59.1 Å². The lowest BCUT2D eigenvalue weighted by Crippen LogP contribution is -2.51. The largest absolute Gasteiger partial charge is 0.378 e. The Morgan fingerprint density at radius 2 is 1.59 bits per heavy atom. The number of nitrogens with zero attached hydrogens (tertiary/aromatic N) is 4. The third-order valence-electron chi connectivity index (χ3n) is 6.86. The lowest BCUT2D eigenvalue weighted by Gasteiger charge is -2.34. The molecule has 3 fully saturated rings. The second-order valence-corrected chi connectivity index (χ2v) is 9.29. The standard InChI is InChI=1S/C25H31N5O2/c1-27(2)21-10-6-17(7-11-21)18-8-12-22(13-9-18)29-23(20-14-15-26-16-20)30(28(3)25(29)32)24(31)19-4-5-19/h6-13,19-20,23,26H,4-5,14-16H2,1-3H3. The second kappa shape index (κ2) is 8.13. The zero-order valence-corrected chi connectivity index (χ0v) is 19.0. The molecule has 2 aromatic rings. The molecule has 2 saturated heterocycles. The molecule has 1 saturated carbocycles. The van der Waals surface area contributed by atoms with Crippen LogP contribution in [0.1, 0.15) is 19.3 Å². The van der Waals surface area contributed by atoms with E-state index >= 15 is 0 Å². The van der Waals surface area contributed by atoms with Crippen LogP contribution < -0.4 is 15.1 Å². The first-order chi connectivity index (χ1) is 15.5. The molecule has 7 heteroatoms. The quantitative estimate of drug-likeness (QED) is 0.785. The highest BCUT2D eigenvalue weighted by molar-refractivity contribution is 5.98. The molecule has 168 valence electrons. The van der Waals surface area contributed by atoms with Crippen molar-refractivity contribution in [1.82, 2.24) is 15.3 Å². The van der Waals surface area contributed by atoms with Crippen molar-refractivity contribution in [2.75, 3.05) is 44.0 Å². The fraction of sp³-hybridized carbons (Fsp3) is 0.440. The number of nitrogens with one attached hydrogen (secondary N) is 1. The Kier molecular flexibility index (Phi) is 5.29. The van der Waals surface area contributed by atoms with Crippen molar-refractivity contribution >= 4 is 23.3 Å². The third-order valence-corrected chi connectivity index (χ3v) is 6.86. The zero-order valence-electron chi connectivity index (χ0n) is 19.0. The Morgan fingerprint density at radius 3 is 2.12 bits per heavy atom. The normalized spacial score (nSPS) is 23.2. The van der Waals surface area contributed by atoms with E-state index in [-0.39, 0.29) is 29.9 Å². The van der Waals surface area contributed by atoms with Crippen LogP contribution in [0.15, 0.2) is 48.5 Å². The van der Waals surface area contributed by atoms with Crippen LogP contribution in [-0.4, -0.2) is 62.4 Å². The highest BCUT2D eigenvalue weighted by Gasteiger charge is 2.52. The molecule has 2 heterocycles. The Morgan fingerprint density at radius 1 is 0.969 bits per heavy atom. The maximum atomic E-state index is 13.3. The van der Waals surface area contributed by atoms with Gasteiger partial charge in [0.2, 0.25) is 5.91 Å². The van der Waals surface area contributed by atoms with Crippen molar-refractivity contribution in [1.29, 1.82) is 0 Å². The molecular weight excluding hydrogens is 402 g/mol. The minimum atomic E-state index is -0.277. The van der Waals surface area contributed by atoms with Gasteiger partial charge >= 0.3 is 6.03 Å². The van der Waals surface area contributed by atoms with Gasteiger partial charge in [-0.05, 0) is 61.2 Å². The molecule has 7 nitrogen and oxygen atoms in total. The van der Waals surface area contributed by atoms with Crippen LogP contribution >= 0.6 is 0 Å². The molecule has 0 bridgehead atoms. The van der Waals surface area contributed by atoms with E-state index in [9.17, 15) is 9.59 Å². The number of carbonyl (C=O) groups is 2. The molecule has 1 aliphatic carbocycles. The first kappa shape index (κ1) is 20.8. The smallest absolute Gasteiger partial charge is 0.344 e. The Bertz CT molecular complexity index is 994. The number of rotatable bonds is 5. The van der Waals surface area contributed by atoms with E-state index in [1.54, 1.807) is 12.1 Å². The van der Waals surface area contributed by atoms with Crippen LogP contribution in [0.4, 0.5) is 16.2 Å². The summed E-state index contributed by atoms with van der Waals surface area (Å²) in [5, 5.41) is 6.65. The Balaban J connectivity index is 1.45. The van der Waals surface area contributed by atoms with Gasteiger partial charge in [0.25, 0.3) is 0 Å². The van der Waals surface area contributed by atoms with Gasteiger partial charge in [0, 0.05) is 50.9 Å². The SMILES string of the molecule is CN(C)c1ccc(-c2ccc(N3C(=O)N(C)N(C(=O)C4CC4)C3C3CCNC3)cc2)cc1. The summed E-state index contributed by atoms with van der Waals surface area (Å²) in [6, 6.07) is 16.4. The maximum Gasteiger partial charge on any atom is 0.344 e. The van der Waals surface area contributed by atoms with E-state index in [0.717, 1.165) is 54.9 Å². The van der Waals surface area contributed by atoms with Crippen molar-refractivity contribution in [2.24, 2.45) is 11.8 Å². The number of amides is 3. The Hall–Kier alpha value is -3.06. The van der Waals surface area contributed by atoms with E-state index in [2.05, 4.69) is 46.6 Å². The van der Waals surface area contributed by atoms with E-state index < -0.39 is 0 Å². The number of urea groups is 1. The minimum absolute atomic E-state index is 0.0644. The molecule has 2 aromatic carbocycles. The summed E-state index contributed by atoms with van der Waals surface area (Å²) >= 11 is 0. The van der Waals surface area contributed by atoms with Crippen LogP contribution in [0.3, 0.4) is 0 Å². The molecule has 2 atom stereocenters. The van der Waals surface area contributed by atoms with Crippen LogP contribution in [0.2, 0.25) is 0 Å². The third kappa shape index (κ3) is 3.60. The number of benzene rings is 2. The van der Waals surface area contributed by atoms with Gasteiger partial charge in [-0.3, -0.25) is 9.69 Å². The van der Waals surface area contributed by atoms with Gasteiger partial charge in [-0.15, -0.1) is 0 Å². The second-order valence-electron chi connectivity index (χ2n) is 9.29. The summed E-state index contributed by atoms with van der Waals surface area (Å²) in [5.74, 6) is 0.359. The fourth-order valence-corrected chi connectivity index (χ4v) is 4.82. The maximum absolute atomic E-state index is 13.3. The van der Waals surface area contributed by atoms with Gasteiger partial charge in [0.15, 0.2) is 0 Å². The average Bonchev–Trinajstić information content (AvgIpc) is 3.45. The van der Waals surface area contributed by atoms with Gasteiger partial charge in [0.05, 0.1) is 0 Å². The van der Waals surface area contributed by atoms with Crippen LogP contribution in [0.5, 0.6) is 0 Å². The molecule has 3 aliphatic rings. The summed E-state index contributed by atoms with van der Waals surface area (Å²) < 4.78 is 0. The molecule has 32 heavy (non-hydrogen) atoms. The van der Waals surface area contributed by atoms with Crippen LogP contribution in [-0.2, 0) is 4.79 Å². The summed E-state index contributed by atoms with van der Waals surface area (Å²) in [4.78, 5) is 30.3. The van der Waals surface area contributed by atoms with E-state index in [1.807, 2.05) is 31.1 Å². The van der Waals surface area contributed by atoms with Crippen molar-refractivity contribution in [3.8, 4) is 11.1 Å². The van der Waals surface area contributed by atoms with E-state index in [4.69, 9.17) is 0 Å². The molecule has 3 amide bonds. The number of hydrogen-bond donors (Lipinski definition) is 1. The van der Waals surface area contributed by atoms with E-state index in [0.29, 0.717) is 0 Å². The molecule has 5 rings (SSSR count). The monoisotopic (exact) mass is 433 g/mol. The summed E-state index contributed by atoms with van der Waals surface area (Å²) in [6.07, 6.45) is 2.52.